The summed E-state index contributed by atoms with van der Waals surface area (Å²) in [7, 11) is 0. The first-order valence-corrected chi connectivity index (χ1v) is 21.0. The van der Waals surface area contributed by atoms with Crippen LogP contribution in [0.2, 0.25) is 0 Å². The number of ketones is 1. The number of carbonyl (C=O) groups is 1. The van der Waals surface area contributed by atoms with Gasteiger partial charge in [0.2, 0.25) is 12.3 Å². The van der Waals surface area contributed by atoms with Crippen molar-refractivity contribution in [2.24, 2.45) is 0 Å². The molecule has 0 atom stereocenters. The van der Waals surface area contributed by atoms with E-state index in [0.717, 1.165) is 10.8 Å². The normalized spacial score (nSPS) is 13.4. The van der Waals surface area contributed by atoms with E-state index in [0.29, 0.717) is 12.1 Å². The van der Waals surface area contributed by atoms with Crippen molar-refractivity contribution in [1.82, 2.24) is 0 Å². The van der Waals surface area contributed by atoms with Crippen LogP contribution in [0, 0.1) is 0 Å². The fourth-order valence-corrected chi connectivity index (χ4v) is 8.27. The molecular formula is C49H26BF24NO2. The Kier molecular flexibility index (Phi) is 15.4. The van der Waals surface area contributed by atoms with E-state index in [-0.39, 0.29) is 11.5 Å². The van der Waals surface area contributed by atoms with Crippen LogP contribution in [0.25, 0.3) is 10.8 Å². The molecule has 3 nitrogen and oxygen atoms in total. The lowest BCUT2D eigenvalue weighted by molar-refractivity contribution is -0.681. The molecule has 0 amide bonds. The third kappa shape index (κ3) is 13.4. The van der Waals surface area contributed by atoms with Gasteiger partial charge in [-0.3, -0.25) is 4.79 Å². The van der Waals surface area contributed by atoms with Gasteiger partial charge in [-0.2, -0.15) is 132 Å². The summed E-state index contributed by atoms with van der Waals surface area (Å²) >= 11 is 0. The van der Waals surface area contributed by atoms with Crippen LogP contribution in [0.5, 0.6) is 5.75 Å². The quantitative estimate of drug-likeness (QED) is 0.0748. The predicted octanol–water partition coefficient (Wildman–Crippen LogP) is 13.9. The minimum absolute atomic E-state index is 0.0775. The third-order valence-corrected chi connectivity index (χ3v) is 11.7. The maximum atomic E-state index is 14.2. The highest BCUT2D eigenvalue weighted by molar-refractivity contribution is 7.20. The zero-order valence-corrected chi connectivity index (χ0v) is 37.4. The van der Waals surface area contributed by atoms with E-state index in [1.807, 2.05) is 59.4 Å². The zero-order chi connectivity index (χ0) is 57.9. The molecular weight excluding hydrogens is 1100 g/mol. The summed E-state index contributed by atoms with van der Waals surface area (Å²) in [5.41, 5.74) is -29.5. The fourth-order valence-electron chi connectivity index (χ4n) is 8.27. The van der Waals surface area contributed by atoms with Crippen LogP contribution in [0.15, 0.2) is 140 Å². The van der Waals surface area contributed by atoms with Crippen molar-refractivity contribution in [2.75, 3.05) is 0 Å². The third-order valence-electron chi connectivity index (χ3n) is 11.7. The topological polar surface area (TPSA) is 41.2 Å². The largest absolute Gasteiger partial charge is 0.508 e. The molecule has 1 N–H and O–H groups in total. The van der Waals surface area contributed by atoms with Gasteiger partial charge in [0.15, 0.2) is 12.4 Å². The molecule has 1 heterocycles. The van der Waals surface area contributed by atoms with Gasteiger partial charge in [0, 0.05) is 17.0 Å². The van der Waals surface area contributed by atoms with Crippen LogP contribution >= 0.6 is 0 Å². The lowest BCUT2D eigenvalue weighted by Gasteiger charge is -2.46. The van der Waals surface area contributed by atoms with E-state index in [4.69, 9.17) is 0 Å². The second-order valence-corrected chi connectivity index (χ2v) is 16.9. The van der Waals surface area contributed by atoms with Gasteiger partial charge in [-0.05, 0) is 47.9 Å². The Labute approximate surface area is 415 Å². The number of pyridine rings is 1. The van der Waals surface area contributed by atoms with Crippen LogP contribution in [-0.2, 0) is 56.0 Å². The molecule has 28 heteroatoms. The maximum Gasteiger partial charge on any atom is 0.416 e. The van der Waals surface area contributed by atoms with Gasteiger partial charge < -0.3 is 5.11 Å². The molecule has 0 aliphatic heterocycles. The van der Waals surface area contributed by atoms with E-state index in [2.05, 4.69) is 0 Å². The average Bonchev–Trinajstić information content (AvgIpc) is 3.30. The van der Waals surface area contributed by atoms with Crippen molar-refractivity contribution in [1.29, 1.82) is 0 Å². The summed E-state index contributed by atoms with van der Waals surface area (Å²) in [4.78, 5) is 12.1. The first-order valence-electron chi connectivity index (χ1n) is 21.0. The standard InChI is InChI=1S/C32H12BF24.C17H13NO2/c34-25(35,36)13-1-14(26(37,38)39)6-21(5-13)33(22-7-15(27(40,41)42)2-16(8-22)28(43,44)45,23-9-17(29(46,47)48)3-18(10-23)30(49,50)51)24-11-19(31(52,53)54)4-20(12-24)32(55,56)57;19-16-7-6-15-11-18(9-8-14(15)10-16)12-17(20)13-4-2-1-3-5-13/h1-12H;1-11H,12H2/q-1;/p+1. The van der Waals surface area contributed by atoms with Crippen molar-refractivity contribution in [3.63, 3.8) is 0 Å². The van der Waals surface area contributed by atoms with Crippen LogP contribution in [-0.4, -0.2) is 17.0 Å². The summed E-state index contributed by atoms with van der Waals surface area (Å²) < 4.78 is 343. The molecule has 410 valence electrons. The molecule has 0 saturated heterocycles. The number of hydrogen-bond donors (Lipinski definition) is 1. The van der Waals surface area contributed by atoms with Crippen LogP contribution in [0.3, 0.4) is 0 Å². The van der Waals surface area contributed by atoms with E-state index in [9.17, 15) is 115 Å². The number of benzene rings is 6. The minimum Gasteiger partial charge on any atom is -0.508 e. The Morgan fingerprint density at radius 3 is 0.922 bits per heavy atom. The summed E-state index contributed by atoms with van der Waals surface area (Å²) in [5.74, 6) is 0.323. The number of fused-ring (bicyclic) bond motifs is 1. The predicted molar refractivity (Wildman–Crippen MR) is 227 cm³/mol. The van der Waals surface area contributed by atoms with E-state index in [1.54, 1.807) is 12.1 Å². The van der Waals surface area contributed by atoms with E-state index >= 15 is 0 Å². The SMILES string of the molecule is FC(F)(F)c1cc([B-](c2cc(C(F)(F)F)cc(C(F)(F)F)c2)(c2cc(C(F)(F)F)cc(C(F)(F)F)c2)c2cc(C(F)(F)F)cc(C(F)(F)F)c2)cc(C(F)(F)F)c1.O=C(C[n+]1ccc2cc(O)ccc2c1)c1ccccc1. The van der Waals surface area contributed by atoms with Crippen molar-refractivity contribution >= 4 is 44.6 Å². The Hall–Kier alpha value is -7.42. The van der Waals surface area contributed by atoms with Gasteiger partial charge in [-0.15, -0.1) is 0 Å². The number of phenols is 1. The van der Waals surface area contributed by atoms with Gasteiger partial charge in [-0.25, -0.2) is 0 Å². The van der Waals surface area contributed by atoms with Crippen molar-refractivity contribution in [3.05, 3.63) is 190 Å². The van der Waals surface area contributed by atoms with Gasteiger partial charge in [-0.1, -0.05) is 78.9 Å². The molecule has 1 aromatic heterocycles. The van der Waals surface area contributed by atoms with Crippen molar-refractivity contribution in [2.45, 2.75) is 56.0 Å². The molecule has 0 fully saturated rings. The Morgan fingerprint density at radius 2 is 0.649 bits per heavy atom. The zero-order valence-electron chi connectivity index (χ0n) is 37.4. The number of rotatable bonds is 7. The molecule has 6 aromatic carbocycles. The van der Waals surface area contributed by atoms with Crippen molar-refractivity contribution in [3.8, 4) is 5.75 Å². The molecule has 0 aliphatic rings. The van der Waals surface area contributed by atoms with Gasteiger partial charge in [0.05, 0.1) is 44.5 Å². The number of halogens is 24. The molecule has 0 aliphatic carbocycles. The number of hydrogen-bond acceptors (Lipinski definition) is 2. The highest BCUT2D eigenvalue weighted by Crippen LogP contribution is 2.41. The number of aromatic nitrogens is 1. The molecule has 77 heavy (non-hydrogen) atoms. The Bertz CT molecular complexity index is 2870. The van der Waals surface area contributed by atoms with Crippen LogP contribution in [0.4, 0.5) is 105 Å². The number of alkyl halides is 24. The fraction of sp³-hybridized carbons (Fsp3) is 0.184. The first kappa shape index (κ1) is 58.8. The molecule has 0 unspecified atom stereocenters. The summed E-state index contributed by atoms with van der Waals surface area (Å²) in [5, 5.41) is 11.4. The lowest BCUT2D eigenvalue weighted by atomic mass is 9.12. The molecule has 0 radical (unpaired) electrons. The summed E-state index contributed by atoms with van der Waals surface area (Å²) in [6, 6.07) is 7.54. The monoisotopic (exact) mass is 1130 g/mol. The second kappa shape index (κ2) is 20.2. The lowest BCUT2D eigenvalue weighted by Crippen LogP contribution is -2.75. The van der Waals surface area contributed by atoms with Gasteiger partial charge in [0.25, 0.3) is 0 Å². The molecule has 0 spiro atoms. The van der Waals surface area contributed by atoms with E-state index < -0.39 is 195 Å². The smallest absolute Gasteiger partial charge is 0.416 e. The summed E-state index contributed by atoms with van der Waals surface area (Å²) in [6.07, 6.45) is -51.0. The van der Waals surface area contributed by atoms with Gasteiger partial charge in [0.1, 0.15) is 11.9 Å². The number of carbonyl (C=O) groups excluding carboxylic acids is 1. The maximum absolute atomic E-state index is 14.2. The molecule has 0 saturated carbocycles. The first-order chi connectivity index (χ1) is 35.0. The van der Waals surface area contributed by atoms with Gasteiger partial charge >= 0.3 is 49.4 Å². The minimum atomic E-state index is -6.13. The second-order valence-electron chi connectivity index (χ2n) is 16.9. The summed E-state index contributed by atoms with van der Waals surface area (Å²) in [6.45, 7) is 0.306. The van der Waals surface area contributed by atoms with Crippen LogP contribution in [0.1, 0.15) is 54.9 Å². The molecule has 0 bridgehead atoms. The van der Waals surface area contributed by atoms with Crippen LogP contribution < -0.4 is 26.4 Å². The highest BCUT2D eigenvalue weighted by Gasteiger charge is 2.47. The average molecular weight is 1130 g/mol. The van der Waals surface area contributed by atoms with E-state index in [1.165, 1.54) is 0 Å². The number of Topliss-reactive ketones (excluding diaryl/α,β-unsaturated/α-hetero) is 1. The number of phenolic OH excluding ortho intramolecular Hbond substituents is 1. The Balaban J connectivity index is 0.000000397. The highest BCUT2D eigenvalue weighted by atomic mass is 19.4. The molecule has 7 aromatic rings. The molecule has 7 rings (SSSR count). The number of nitrogens with zero attached hydrogens (tertiary/aromatic N) is 1. The van der Waals surface area contributed by atoms with Crippen molar-refractivity contribution < 1.29 is 120 Å². The number of aromatic hydroxyl groups is 1. The Morgan fingerprint density at radius 1 is 0.364 bits per heavy atom.